The molecule has 1 rings (SSSR count). The summed E-state index contributed by atoms with van der Waals surface area (Å²) >= 11 is 0. The van der Waals surface area contributed by atoms with Crippen LogP contribution in [0.1, 0.15) is 22.8 Å². The molecule has 0 radical (unpaired) electrons. The molecule has 0 aromatic heterocycles. The third-order valence-corrected chi connectivity index (χ3v) is 2.30. The van der Waals surface area contributed by atoms with Crippen LogP contribution in [0.3, 0.4) is 0 Å². The Morgan fingerprint density at radius 2 is 1.94 bits per heavy atom. The molecule has 0 bridgehead atoms. The highest BCUT2D eigenvalue weighted by molar-refractivity contribution is 5.94. The van der Waals surface area contributed by atoms with Crippen LogP contribution in [0.5, 0.6) is 0 Å². The number of aliphatic carboxylic acids is 1. The maximum absolute atomic E-state index is 11.0. The standard InChI is InChI=1S/C11H14N2O3/c1-7(14)9-4-2-8(3-5-9)6-10(13-12)11(15)16/h2-5,10,13H,6,12H2,1H3,(H,15,16). The van der Waals surface area contributed by atoms with Crippen molar-refractivity contribution in [2.45, 2.75) is 19.4 Å². The highest BCUT2D eigenvalue weighted by Crippen LogP contribution is 2.07. The van der Waals surface area contributed by atoms with E-state index in [4.69, 9.17) is 10.9 Å². The quantitative estimate of drug-likeness (QED) is 0.380. The molecule has 86 valence electrons. The van der Waals surface area contributed by atoms with Gasteiger partial charge in [0.2, 0.25) is 0 Å². The first-order valence-electron chi connectivity index (χ1n) is 4.83. The number of Topliss-reactive ketones (excluding diaryl/α,β-unsaturated/α-hetero) is 1. The molecule has 0 amide bonds. The minimum Gasteiger partial charge on any atom is -0.480 e. The molecule has 0 saturated carbocycles. The number of nitrogens with one attached hydrogen (secondary N) is 1. The Hall–Kier alpha value is -1.72. The Morgan fingerprint density at radius 1 is 1.38 bits per heavy atom. The van der Waals surface area contributed by atoms with Crippen LogP contribution in [0.4, 0.5) is 0 Å². The Kier molecular flexibility index (Phi) is 4.16. The van der Waals surface area contributed by atoms with Crippen molar-refractivity contribution in [2.24, 2.45) is 5.84 Å². The van der Waals surface area contributed by atoms with E-state index in [9.17, 15) is 9.59 Å². The molecule has 1 aromatic rings. The minimum atomic E-state index is -1.00. The number of carbonyl (C=O) groups excluding carboxylic acids is 1. The highest BCUT2D eigenvalue weighted by atomic mass is 16.4. The van der Waals surface area contributed by atoms with E-state index in [1.807, 2.05) is 0 Å². The summed E-state index contributed by atoms with van der Waals surface area (Å²) in [6, 6.07) is 5.98. The van der Waals surface area contributed by atoms with E-state index in [0.717, 1.165) is 5.56 Å². The second-order valence-corrected chi connectivity index (χ2v) is 3.51. The SMILES string of the molecule is CC(=O)c1ccc(CC(NN)C(=O)O)cc1. The number of carbonyl (C=O) groups is 2. The van der Waals surface area contributed by atoms with Crippen LogP contribution < -0.4 is 11.3 Å². The van der Waals surface area contributed by atoms with Gasteiger partial charge in [-0.3, -0.25) is 15.4 Å². The summed E-state index contributed by atoms with van der Waals surface area (Å²) in [6.45, 7) is 1.48. The minimum absolute atomic E-state index is 0.0155. The first kappa shape index (κ1) is 12.4. The summed E-state index contributed by atoms with van der Waals surface area (Å²) < 4.78 is 0. The van der Waals surface area contributed by atoms with Crippen molar-refractivity contribution in [2.75, 3.05) is 0 Å². The van der Waals surface area contributed by atoms with Gasteiger partial charge in [-0.05, 0) is 18.9 Å². The molecule has 0 aliphatic carbocycles. The van der Waals surface area contributed by atoms with Crippen molar-refractivity contribution in [3.05, 3.63) is 35.4 Å². The second kappa shape index (κ2) is 5.39. The van der Waals surface area contributed by atoms with Gasteiger partial charge in [0.1, 0.15) is 6.04 Å². The lowest BCUT2D eigenvalue weighted by atomic mass is 10.0. The number of hydrogen-bond donors (Lipinski definition) is 3. The third-order valence-electron chi connectivity index (χ3n) is 2.30. The topological polar surface area (TPSA) is 92.4 Å². The van der Waals surface area contributed by atoms with Crippen molar-refractivity contribution in [1.29, 1.82) is 0 Å². The Morgan fingerprint density at radius 3 is 2.31 bits per heavy atom. The van der Waals surface area contributed by atoms with Crippen molar-refractivity contribution < 1.29 is 14.7 Å². The van der Waals surface area contributed by atoms with Gasteiger partial charge in [0.15, 0.2) is 5.78 Å². The maximum atomic E-state index is 11.0. The van der Waals surface area contributed by atoms with Gasteiger partial charge in [-0.25, -0.2) is 5.43 Å². The zero-order valence-electron chi connectivity index (χ0n) is 8.93. The Balaban J connectivity index is 2.75. The largest absolute Gasteiger partial charge is 0.480 e. The van der Waals surface area contributed by atoms with Gasteiger partial charge < -0.3 is 5.11 Å². The van der Waals surface area contributed by atoms with Crippen molar-refractivity contribution in [1.82, 2.24) is 5.43 Å². The predicted octanol–water partition coefficient (Wildman–Crippen LogP) is 0.348. The second-order valence-electron chi connectivity index (χ2n) is 3.51. The molecule has 1 unspecified atom stereocenters. The van der Waals surface area contributed by atoms with Gasteiger partial charge in [0.25, 0.3) is 0 Å². The van der Waals surface area contributed by atoms with Gasteiger partial charge in [0.05, 0.1) is 0 Å². The molecular weight excluding hydrogens is 208 g/mol. The average Bonchev–Trinajstić information content (AvgIpc) is 2.26. The molecule has 4 N–H and O–H groups in total. The van der Waals surface area contributed by atoms with Crippen LogP contribution in [0.25, 0.3) is 0 Å². The average molecular weight is 222 g/mol. The van der Waals surface area contributed by atoms with Crippen LogP contribution in [0.2, 0.25) is 0 Å². The number of carboxylic acid groups (broad SMARTS) is 1. The van der Waals surface area contributed by atoms with Crippen molar-refractivity contribution >= 4 is 11.8 Å². The van der Waals surface area contributed by atoms with Crippen LogP contribution >= 0.6 is 0 Å². The zero-order valence-corrected chi connectivity index (χ0v) is 8.93. The van der Waals surface area contributed by atoms with Crippen LogP contribution in [0.15, 0.2) is 24.3 Å². The van der Waals surface area contributed by atoms with E-state index in [-0.39, 0.29) is 12.2 Å². The van der Waals surface area contributed by atoms with Gasteiger partial charge >= 0.3 is 5.97 Å². The van der Waals surface area contributed by atoms with Crippen LogP contribution in [0, 0.1) is 0 Å². The molecule has 0 heterocycles. The molecule has 1 aromatic carbocycles. The smallest absolute Gasteiger partial charge is 0.322 e. The lowest BCUT2D eigenvalue weighted by Crippen LogP contribution is -2.42. The van der Waals surface area contributed by atoms with E-state index in [2.05, 4.69) is 5.43 Å². The molecule has 5 heteroatoms. The van der Waals surface area contributed by atoms with E-state index < -0.39 is 12.0 Å². The molecule has 1 atom stereocenters. The van der Waals surface area contributed by atoms with Gasteiger partial charge in [-0.15, -0.1) is 0 Å². The van der Waals surface area contributed by atoms with E-state index in [0.29, 0.717) is 5.56 Å². The summed E-state index contributed by atoms with van der Waals surface area (Å²) in [6.07, 6.45) is 0.282. The molecular formula is C11H14N2O3. The summed E-state index contributed by atoms with van der Waals surface area (Å²) in [5, 5.41) is 8.78. The molecule has 0 aliphatic rings. The zero-order chi connectivity index (χ0) is 12.1. The number of rotatable bonds is 5. The Bertz CT molecular complexity index is 387. The summed E-state index contributed by atoms with van der Waals surface area (Å²) in [4.78, 5) is 21.7. The molecule has 0 aliphatic heterocycles. The number of carboxylic acids is 1. The maximum Gasteiger partial charge on any atom is 0.322 e. The van der Waals surface area contributed by atoms with Crippen LogP contribution in [-0.4, -0.2) is 22.9 Å². The monoisotopic (exact) mass is 222 g/mol. The number of hydrazine groups is 1. The first-order chi connectivity index (χ1) is 7.54. The Labute approximate surface area is 93.2 Å². The molecule has 0 fully saturated rings. The number of hydrogen-bond acceptors (Lipinski definition) is 4. The third kappa shape index (κ3) is 3.15. The number of nitrogens with two attached hydrogens (primary N) is 1. The van der Waals surface area contributed by atoms with Gasteiger partial charge in [0, 0.05) is 5.56 Å². The van der Waals surface area contributed by atoms with Crippen molar-refractivity contribution in [3.63, 3.8) is 0 Å². The van der Waals surface area contributed by atoms with Crippen LogP contribution in [-0.2, 0) is 11.2 Å². The predicted molar refractivity (Wildman–Crippen MR) is 58.9 cm³/mol. The van der Waals surface area contributed by atoms with E-state index in [1.54, 1.807) is 24.3 Å². The molecule has 0 spiro atoms. The fraction of sp³-hybridized carbons (Fsp3) is 0.273. The van der Waals surface area contributed by atoms with E-state index >= 15 is 0 Å². The number of benzene rings is 1. The molecule has 5 nitrogen and oxygen atoms in total. The fourth-order valence-electron chi connectivity index (χ4n) is 1.33. The number of ketones is 1. The fourth-order valence-corrected chi connectivity index (χ4v) is 1.33. The van der Waals surface area contributed by atoms with Gasteiger partial charge in [-0.2, -0.15) is 0 Å². The summed E-state index contributed by atoms with van der Waals surface area (Å²) in [5.41, 5.74) is 3.64. The summed E-state index contributed by atoms with van der Waals surface area (Å²) in [7, 11) is 0. The lowest BCUT2D eigenvalue weighted by molar-refractivity contribution is -0.139. The highest BCUT2D eigenvalue weighted by Gasteiger charge is 2.15. The molecule has 0 saturated heterocycles. The summed E-state index contributed by atoms with van der Waals surface area (Å²) in [5.74, 6) is 4.10. The van der Waals surface area contributed by atoms with Gasteiger partial charge in [-0.1, -0.05) is 24.3 Å². The molecule has 16 heavy (non-hydrogen) atoms. The van der Waals surface area contributed by atoms with E-state index in [1.165, 1.54) is 6.92 Å². The normalized spacial score (nSPS) is 12.1. The first-order valence-corrected chi connectivity index (χ1v) is 4.83. The lowest BCUT2D eigenvalue weighted by Gasteiger charge is -2.10. The van der Waals surface area contributed by atoms with Crippen molar-refractivity contribution in [3.8, 4) is 0 Å².